The topological polar surface area (TPSA) is 38.7 Å². The van der Waals surface area contributed by atoms with Crippen LogP contribution in [-0.2, 0) is 4.74 Å². The summed E-state index contributed by atoms with van der Waals surface area (Å²) < 4.78 is 23.7. The molecule has 0 saturated heterocycles. The molecule has 0 aliphatic carbocycles. The summed E-state index contributed by atoms with van der Waals surface area (Å²) in [5, 5.41) is 8.65. The number of aliphatic hydroxyl groups is 1. The number of benzene rings is 1. The van der Waals surface area contributed by atoms with Gasteiger partial charge in [0.15, 0.2) is 0 Å². The second kappa shape index (κ2) is 8.51. The Balaban J connectivity index is 2.68. The molecule has 0 saturated carbocycles. The Morgan fingerprint density at radius 1 is 1.33 bits per heavy atom. The number of halogens is 1. The van der Waals surface area contributed by atoms with Crippen molar-refractivity contribution in [3.8, 4) is 17.6 Å². The lowest BCUT2D eigenvalue weighted by Crippen LogP contribution is -2.07. The van der Waals surface area contributed by atoms with Gasteiger partial charge in [-0.25, -0.2) is 4.39 Å². The van der Waals surface area contributed by atoms with Crippen LogP contribution >= 0.6 is 0 Å². The maximum absolute atomic E-state index is 13.1. The Kier molecular flexibility index (Phi) is 6.85. The predicted octanol–water partition coefficient (Wildman–Crippen LogP) is 1.97. The lowest BCUT2D eigenvalue weighted by Gasteiger charge is -2.08. The van der Waals surface area contributed by atoms with Crippen LogP contribution in [0.2, 0.25) is 0 Å². The molecule has 1 aromatic rings. The van der Waals surface area contributed by atoms with E-state index in [2.05, 4.69) is 11.8 Å². The van der Waals surface area contributed by atoms with Crippen molar-refractivity contribution in [2.75, 3.05) is 26.4 Å². The average Bonchev–Trinajstić information content (AvgIpc) is 2.37. The Bertz CT molecular complexity index is 421. The molecular formula is C14H17FO3. The molecule has 0 atom stereocenters. The third kappa shape index (κ3) is 5.17. The van der Waals surface area contributed by atoms with E-state index in [1.54, 1.807) is 6.07 Å². The van der Waals surface area contributed by atoms with E-state index in [0.717, 1.165) is 0 Å². The van der Waals surface area contributed by atoms with Crippen molar-refractivity contribution in [1.82, 2.24) is 0 Å². The summed E-state index contributed by atoms with van der Waals surface area (Å²) in [6.45, 7) is 3.33. The summed E-state index contributed by atoms with van der Waals surface area (Å²) in [4.78, 5) is 0. The fourth-order valence-corrected chi connectivity index (χ4v) is 1.29. The minimum absolute atomic E-state index is 0.00866. The molecule has 0 aliphatic rings. The van der Waals surface area contributed by atoms with E-state index in [1.807, 2.05) is 6.92 Å². The van der Waals surface area contributed by atoms with E-state index in [-0.39, 0.29) is 12.4 Å². The van der Waals surface area contributed by atoms with Crippen LogP contribution in [0.5, 0.6) is 5.75 Å². The fraction of sp³-hybridized carbons (Fsp3) is 0.429. The molecule has 0 unspecified atom stereocenters. The van der Waals surface area contributed by atoms with Gasteiger partial charge in [-0.3, -0.25) is 0 Å². The maximum Gasteiger partial charge on any atom is 0.137 e. The van der Waals surface area contributed by atoms with E-state index in [1.165, 1.54) is 12.1 Å². The zero-order valence-electron chi connectivity index (χ0n) is 10.4. The summed E-state index contributed by atoms with van der Waals surface area (Å²) in [5.74, 6) is 5.66. The molecule has 4 heteroatoms. The van der Waals surface area contributed by atoms with E-state index in [0.29, 0.717) is 37.6 Å². The molecule has 0 aromatic heterocycles. The third-order valence-corrected chi connectivity index (χ3v) is 2.09. The van der Waals surface area contributed by atoms with Crippen LogP contribution in [0.4, 0.5) is 4.39 Å². The van der Waals surface area contributed by atoms with Crippen molar-refractivity contribution in [3.63, 3.8) is 0 Å². The van der Waals surface area contributed by atoms with Gasteiger partial charge >= 0.3 is 0 Å². The number of ether oxygens (including phenoxy) is 2. The standard InChI is InChI=1S/C14H17FO3/c1-2-17-9-10-18-14-11-13(15)7-6-12(14)5-3-4-8-16/h6-7,11,16H,2,4,8-10H2,1H3. The minimum Gasteiger partial charge on any atom is -0.490 e. The smallest absolute Gasteiger partial charge is 0.137 e. The van der Waals surface area contributed by atoms with Gasteiger partial charge in [-0.1, -0.05) is 11.8 Å². The Morgan fingerprint density at radius 2 is 2.17 bits per heavy atom. The van der Waals surface area contributed by atoms with Crippen LogP contribution in [0.25, 0.3) is 0 Å². The highest BCUT2D eigenvalue weighted by Gasteiger charge is 2.03. The van der Waals surface area contributed by atoms with Crippen LogP contribution in [0.1, 0.15) is 18.9 Å². The van der Waals surface area contributed by atoms with E-state index < -0.39 is 0 Å². The first-order valence-corrected chi connectivity index (χ1v) is 5.87. The predicted molar refractivity (Wildman–Crippen MR) is 67.0 cm³/mol. The number of hydrogen-bond donors (Lipinski definition) is 1. The van der Waals surface area contributed by atoms with Crippen LogP contribution in [0.15, 0.2) is 18.2 Å². The van der Waals surface area contributed by atoms with Gasteiger partial charge in [0.05, 0.1) is 18.8 Å². The van der Waals surface area contributed by atoms with E-state index in [9.17, 15) is 4.39 Å². The van der Waals surface area contributed by atoms with Crippen molar-refractivity contribution in [2.45, 2.75) is 13.3 Å². The lowest BCUT2D eigenvalue weighted by molar-refractivity contribution is 0.110. The SMILES string of the molecule is CCOCCOc1cc(F)ccc1C#CCCO. The van der Waals surface area contributed by atoms with E-state index in [4.69, 9.17) is 14.6 Å². The molecule has 98 valence electrons. The summed E-state index contributed by atoms with van der Waals surface area (Å²) in [6.07, 6.45) is 0.385. The third-order valence-electron chi connectivity index (χ3n) is 2.09. The Hall–Kier alpha value is -1.57. The molecule has 0 heterocycles. The fourth-order valence-electron chi connectivity index (χ4n) is 1.29. The van der Waals surface area contributed by atoms with Gasteiger partial charge in [0, 0.05) is 19.1 Å². The van der Waals surface area contributed by atoms with Crippen molar-refractivity contribution < 1.29 is 19.0 Å². The van der Waals surface area contributed by atoms with Gasteiger partial charge in [-0.05, 0) is 19.1 Å². The molecular weight excluding hydrogens is 235 g/mol. The van der Waals surface area contributed by atoms with Crippen molar-refractivity contribution in [1.29, 1.82) is 0 Å². The normalized spacial score (nSPS) is 9.72. The first-order valence-electron chi connectivity index (χ1n) is 5.87. The zero-order valence-corrected chi connectivity index (χ0v) is 10.4. The Morgan fingerprint density at radius 3 is 2.89 bits per heavy atom. The van der Waals surface area contributed by atoms with Gasteiger partial charge in [-0.2, -0.15) is 0 Å². The first kappa shape index (κ1) is 14.5. The highest BCUT2D eigenvalue weighted by atomic mass is 19.1. The summed E-state index contributed by atoms with van der Waals surface area (Å²) in [7, 11) is 0. The van der Waals surface area contributed by atoms with Crippen LogP contribution in [-0.4, -0.2) is 31.5 Å². The summed E-state index contributed by atoms with van der Waals surface area (Å²) in [6, 6.07) is 4.20. The highest BCUT2D eigenvalue weighted by Crippen LogP contribution is 2.19. The van der Waals surface area contributed by atoms with Gasteiger partial charge in [-0.15, -0.1) is 0 Å². The summed E-state index contributed by atoms with van der Waals surface area (Å²) >= 11 is 0. The molecule has 0 radical (unpaired) electrons. The molecule has 0 amide bonds. The molecule has 0 bridgehead atoms. The average molecular weight is 252 g/mol. The van der Waals surface area contributed by atoms with Gasteiger partial charge < -0.3 is 14.6 Å². The van der Waals surface area contributed by atoms with Crippen LogP contribution in [0, 0.1) is 17.7 Å². The Labute approximate surface area is 107 Å². The molecule has 0 aliphatic heterocycles. The molecule has 1 N–H and O–H groups in total. The number of rotatable bonds is 6. The maximum atomic E-state index is 13.1. The highest BCUT2D eigenvalue weighted by molar-refractivity contribution is 5.46. The molecule has 1 aromatic carbocycles. The second-order valence-electron chi connectivity index (χ2n) is 3.46. The van der Waals surface area contributed by atoms with Gasteiger partial charge in [0.25, 0.3) is 0 Å². The first-order chi connectivity index (χ1) is 8.77. The van der Waals surface area contributed by atoms with Crippen LogP contribution in [0.3, 0.4) is 0 Å². The van der Waals surface area contributed by atoms with E-state index >= 15 is 0 Å². The monoisotopic (exact) mass is 252 g/mol. The van der Waals surface area contributed by atoms with Crippen LogP contribution < -0.4 is 4.74 Å². The molecule has 0 spiro atoms. The van der Waals surface area contributed by atoms with Gasteiger partial charge in [0.1, 0.15) is 18.2 Å². The van der Waals surface area contributed by atoms with Gasteiger partial charge in [0.2, 0.25) is 0 Å². The number of aliphatic hydroxyl groups excluding tert-OH is 1. The van der Waals surface area contributed by atoms with Crippen molar-refractivity contribution in [2.24, 2.45) is 0 Å². The summed E-state index contributed by atoms with van der Waals surface area (Å²) in [5.41, 5.74) is 0.612. The van der Waals surface area contributed by atoms with Crippen molar-refractivity contribution >= 4 is 0 Å². The largest absolute Gasteiger partial charge is 0.490 e. The molecule has 18 heavy (non-hydrogen) atoms. The minimum atomic E-state index is -0.367. The zero-order chi connectivity index (χ0) is 13.2. The lowest BCUT2D eigenvalue weighted by atomic mass is 10.2. The molecule has 1 rings (SSSR count). The molecule has 3 nitrogen and oxygen atoms in total. The quantitative estimate of drug-likeness (QED) is 0.621. The van der Waals surface area contributed by atoms with Crippen molar-refractivity contribution in [3.05, 3.63) is 29.6 Å². The molecule has 0 fully saturated rings. The second-order valence-corrected chi connectivity index (χ2v) is 3.46. The number of hydrogen-bond acceptors (Lipinski definition) is 3.